The molecule has 1 saturated heterocycles. The molecule has 1 aromatic rings. The molecular formula is C13H14N2O2S. The van der Waals surface area contributed by atoms with Gasteiger partial charge in [-0.25, -0.2) is 4.79 Å². The van der Waals surface area contributed by atoms with Gasteiger partial charge in [0.2, 0.25) is 5.91 Å². The summed E-state index contributed by atoms with van der Waals surface area (Å²) in [5.74, 6) is -0.0842. The molecule has 2 aliphatic heterocycles. The number of urea groups is 1. The van der Waals surface area contributed by atoms with Crippen molar-refractivity contribution in [2.75, 3.05) is 20.1 Å². The van der Waals surface area contributed by atoms with Gasteiger partial charge in [-0.2, -0.15) is 0 Å². The van der Waals surface area contributed by atoms with Crippen LogP contribution in [0.15, 0.2) is 29.2 Å². The molecule has 2 aliphatic rings. The standard InChI is InChI=1S/C13H14N2O2S/c1-14-8-12(16)15(13(14)17)7-10-6-9-4-2-3-5-11(9)18-10/h2-5,10H,6-8H2,1H3. The maximum Gasteiger partial charge on any atom is 0.326 e. The van der Waals surface area contributed by atoms with E-state index in [1.165, 1.54) is 20.3 Å². The number of nitrogens with zero attached hydrogens (tertiary/aromatic N) is 2. The van der Waals surface area contributed by atoms with Gasteiger partial charge in [0.15, 0.2) is 0 Å². The lowest BCUT2D eigenvalue weighted by atomic mass is 10.1. The van der Waals surface area contributed by atoms with Gasteiger partial charge in [-0.1, -0.05) is 18.2 Å². The van der Waals surface area contributed by atoms with E-state index < -0.39 is 0 Å². The van der Waals surface area contributed by atoms with Crippen LogP contribution in [0.4, 0.5) is 4.79 Å². The third kappa shape index (κ3) is 1.88. The van der Waals surface area contributed by atoms with Crippen LogP contribution in [0.1, 0.15) is 5.56 Å². The van der Waals surface area contributed by atoms with Crippen LogP contribution < -0.4 is 0 Å². The molecule has 2 heterocycles. The van der Waals surface area contributed by atoms with E-state index in [4.69, 9.17) is 0 Å². The number of amides is 3. The highest BCUT2D eigenvalue weighted by atomic mass is 32.2. The van der Waals surface area contributed by atoms with E-state index in [-0.39, 0.29) is 18.5 Å². The molecule has 1 unspecified atom stereocenters. The van der Waals surface area contributed by atoms with Crippen molar-refractivity contribution >= 4 is 23.7 Å². The zero-order valence-electron chi connectivity index (χ0n) is 10.1. The Balaban J connectivity index is 1.70. The summed E-state index contributed by atoms with van der Waals surface area (Å²) in [5, 5.41) is 0.293. The normalized spacial score (nSPS) is 22.8. The molecule has 3 rings (SSSR count). The molecule has 5 heteroatoms. The Kier molecular flexibility index (Phi) is 2.78. The fraction of sp³-hybridized carbons (Fsp3) is 0.385. The van der Waals surface area contributed by atoms with E-state index in [1.807, 2.05) is 12.1 Å². The number of hydrogen-bond acceptors (Lipinski definition) is 3. The minimum Gasteiger partial charge on any atom is -0.318 e. The molecule has 0 aliphatic carbocycles. The predicted octanol–water partition coefficient (Wildman–Crippen LogP) is 1.60. The van der Waals surface area contributed by atoms with E-state index in [2.05, 4.69) is 12.1 Å². The molecule has 1 fully saturated rings. The first kappa shape index (κ1) is 11.6. The molecule has 1 atom stereocenters. The summed E-state index contributed by atoms with van der Waals surface area (Å²) in [6.07, 6.45) is 0.932. The second-order valence-electron chi connectivity index (χ2n) is 4.69. The maximum atomic E-state index is 11.8. The Hall–Kier alpha value is -1.49. The number of likely N-dealkylation sites (N-methyl/N-ethyl adjacent to an activating group) is 1. The van der Waals surface area contributed by atoms with Gasteiger partial charge >= 0.3 is 6.03 Å². The van der Waals surface area contributed by atoms with Crippen LogP contribution >= 0.6 is 11.8 Å². The molecule has 94 valence electrons. The zero-order valence-corrected chi connectivity index (χ0v) is 10.9. The topological polar surface area (TPSA) is 40.6 Å². The zero-order chi connectivity index (χ0) is 12.7. The van der Waals surface area contributed by atoms with Crippen LogP contribution in [0, 0.1) is 0 Å². The highest BCUT2D eigenvalue weighted by Crippen LogP contribution is 2.37. The van der Waals surface area contributed by atoms with Crippen molar-refractivity contribution in [3.05, 3.63) is 29.8 Å². The quantitative estimate of drug-likeness (QED) is 0.760. The molecule has 0 radical (unpaired) electrons. The van der Waals surface area contributed by atoms with Gasteiger partial charge < -0.3 is 4.90 Å². The fourth-order valence-corrected chi connectivity index (χ4v) is 3.71. The van der Waals surface area contributed by atoms with Crippen LogP contribution in [0.5, 0.6) is 0 Å². The van der Waals surface area contributed by atoms with Crippen molar-refractivity contribution in [2.45, 2.75) is 16.6 Å². The van der Waals surface area contributed by atoms with Gasteiger partial charge in [-0.05, 0) is 18.1 Å². The Morgan fingerprint density at radius 1 is 1.33 bits per heavy atom. The number of fused-ring (bicyclic) bond motifs is 1. The molecular weight excluding hydrogens is 248 g/mol. The van der Waals surface area contributed by atoms with E-state index >= 15 is 0 Å². The molecule has 3 amide bonds. The summed E-state index contributed by atoms with van der Waals surface area (Å²) in [6.45, 7) is 0.727. The SMILES string of the molecule is CN1CC(=O)N(CC2Cc3ccccc3S2)C1=O. The lowest BCUT2D eigenvalue weighted by molar-refractivity contribution is -0.125. The van der Waals surface area contributed by atoms with Crippen molar-refractivity contribution < 1.29 is 9.59 Å². The minimum atomic E-state index is -0.170. The highest BCUT2D eigenvalue weighted by molar-refractivity contribution is 8.00. The van der Waals surface area contributed by atoms with E-state index in [1.54, 1.807) is 18.8 Å². The summed E-state index contributed by atoms with van der Waals surface area (Å²) in [5.41, 5.74) is 1.32. The Morgan fingerprint density at radius 2 is 2.11 bits per heavy atom. The van der Waals surface area contributed by atoms with E-state index in [0.717, 1.165) is 6.42 Å². The lowest BCUT2D eigenvalue weighted by Crippen LogP contribution is -2.36. The average Bonchev–Trinajstić information content (AvgIpc) is 2.86. The van der Waals surface area contributed by atoms with Gasteiger partial charge in [-0.3, -0.25) is 9.69 Å². The van der Waals surface area contributed by atoms with Crippen LogP contribution in [-0.4, -0.2) is 47.1 Å². The van der Waals surface area contributed by atoms with Crippen molar-refractivity contribution in [1.82, 2.24) is 9.80 Å². The number of thioether (sulfide) groups is 1. The van der Waals surface area contributed by atoms with Crippen LogP contribution in [0.3, 0.4) is 0 Å². The Labute approximate surface area is 110 Å². The number of carbonyl (C=O) groups excluding carboxylic acids is 2. The van der Waals surface area contributed by atoms with Crippen molar-refractivity contribution in [2.24, 2.45) is 0 Å². The third-order valence-corrected chi connectivity index (χ3v) is 4.63. The number of benzene rings is 1. The summed E-state index contributed by atoms with van der Waals surface area (Å²) in [7, 11) is 1.66. The van der Waals surface area contributed by atoms with Crippen molar-refractivity contribution in [1.29, 1.82) is 0 Å². The highest BCUT2D eigenvalue weighted by Gasteiger charge is 2.36. The molecule has 0 aromatic heterocycles. The van der Waals surface area contributed by atoms with Crippen molar-refractivity contribution in [3.63, 3.8) is 0 Å². The second kappa shape index (κ2) is 4.31. The lowest BCUT2D eigenvalue weighted by Gasteiger charge is -2.17. The molecule has 0 bridgehead atoms. The summed E-state index contributed by atoms with van der Waals surface area (Å²) < 4.78 is 0. The van der Waals surface area contributed by atoms with Crippen LogP contribution in [0.25, 0.3) is 0 Å². The van der Waals surface area contributed by atoms with Crippen LogP contribution in [0.2, 0.25) is 0 Å². The Bertz CT molecular complexity index is 492. The van der Waals surface area contributed by atoms with Gasteiger partial charge in [0.1, 0.15) is 6.54 Å². The summed E-state index contributed by atoms with van der Waals surface area (Å²) >= 11 is 1.76. The third-order valence-electron chi connectivity index (χ3n) is 3.33. The van der Waals surface area contributed by atoms with Gasteiger partial charge in [0.05, 0.1) is 0 Å². The number of imide groups is 1. The molecule has 18 heavy (non-hydrogen) atoms. The molecule has 0 saturated carbocycles. The van der Waals surface area contributed by atoms with Gasteiger partial charge in [-0.15, -0.1) is 11.8 Å². The number of hydrogen-bond donors (Lipinski definition) is 0. The second-order valence-corrected chi connectivity index (χ2v) is 6.04. The maximum absolute atomic E-state index is 11.8. The predicted molar refractivity (Wildman–Crippen MR) is 69.5 cm³/mol. The van der Waals surface area contributed by atoms with E-state index in [9.17, 15) is 9.59 Å². The first-order chi connectivity index (χ1) is 8.65. The molecule has 0 spiro atoms. The summed E-state index contributed by atoms with van der Waals surface area (Å²) in [4.78, 5) is 27.6. The largest absolute Gasteiger partial charge is 0.326 e. The van der Waals surface area contributed by atoms with Crippen LogP contribution in [-0.2, 0) is 11.2 Å². The van der Waals surface area contributed by atoms with Gasteiger partial charge in [0, 0.05) is 23.7 Å². The first-order valence-corrected chi connectivity index (χ1v) is 6.83. The average molecular weight is 262 g/mol. The smallest absolute Gasteiger partial charge is 0.318 e. The summed E-state index contributed by atoms with van der Waals surface area (Å²) in [6, 6.07) is 8.09. The number of rotatable bonds is 2. The minimum absolute atomic E-state index is 0.0842. The van der Waals surface area contributed by atoms with Gasteiger partial charge in [0.25, 0.3) is 0 Å². The van der Waals surface area contributed by atoms with E-state index in [0.29, 0.717) is 11.8 Å². The number of carbonyl (C=O) groups is 2. The van der Waals surface area contributed by atoms with Crippen molar-refractivity contribution in [3.8, 4) is 0 Å². The molecule has 4 nitrogen and oxygen atoms in total. The molecule has 0 N–H and O–H groups in total. The molecule has 1 aromatic carbocycles. The monoisotopic (exact) mass is 262 g/mol. The first-order valence-electron chi connectivity index (χ1n) is 5.95. The fourth-order valence-electron chi connectivity index (χ4n) is 2.41. The Morgan fingerprint density at radius 3 is 2.78 bits per heavy atom.